The van der Waals surface area contributed by atoms with Crippen molar-refractivity contribution < 1.29 is 13.2 Å². The fourth-order valence-corrected chi connectivity index (χ4v) is 6.51. The first-order valence-electron chi connectivity index (χ1n) is 12.7. The van der Waals surface area contributed by atoms with Gasteiger partial charge in [0, 0.05) is 24.2 Å². The number of urea groups is 1. The lowest BCUT2D eigenvalue weighted by Crippen LogP contribution is -2.41. The number of aryl methyl sites for hydroxylation is 1. The zero-order chi connectivity index (χ0) is 25.3. The first kappa shape index (κ1) is 24.5. The monoisotopic (exact) mass is 503 g/mol. The Morgan fingerprint density at radius 3 is 2.42 bits per heavy atom. The molecular weight excluding hydrogens is 470 g/mol. The van der Waals surface area contributed by atoms with Crippen LogP contribution in [0.25, 0.3) is 11.1 Å². The van der Waals surface area contributed by atoms with E-state index >= 15 is 0 Å². The molecule has 0 saturated heterocycles. The van der Waals surface area contributed by atoms with Gasteiger partial charge in [-0.05, 0) is 78.4 Å². The predicted octanol–water partition coefficient (Wildman–Crippen LogP) is 5.37. The summed E-state index contributed by atoms with van der Waals surface area (Å²) in [6, 6.07) is 21.6. The van der Waals surface area contributed by atoms with Crippen LogP contribution < -0.4 is 14.9 Å². The van der Waals surface area contributed by atoms with E-state index in [0.29, 0.717) is 13.1 Å². The van der Waals surface area contributed by atoms with Gasteiger partial charge in [-0.15, -0.1) is 0 Å². The molecular formula is C29H33N3O3S. The second-order valence-corrected chi connectivity index (χ2v) is 11.7. The molecule has 3 aromatic rings. The van der Waals surface area contributed by atoms with E-state index < -0.39 is 10.0 Å². The summed E-state index contributed by atoms with van der Waals surface area (Å²) in [6.45, 7) is 3.22. The molecule has 0 radical (unpaired) electrons. The average Bonchev–Trinajstić information content (AvgIpc) is 3.52. The lowest BCUT2D eigenvalue weighted by Gasteiger charge is -2.25. The summed E-state index contributed by atoms with van der Waals surface area (Å²) >= 11 is 0. The number of rotatable bonds is 6. The van der Waals surface area contributed by atoms with Gasteiger partial charge in [-0.2, -0.15) is 0 Å². The first-order chi connectivity index (χ1) is 17.4. The molecule has 5 rings (SSSR count). The molecule has 1 saturated carbocycles. The lowest BCUT2D eigenvalue weighted by molar-refractivity contribution is 0.245. The van der Waals surface area contributed by atoms with E-state index in [1.807, 2.05) is 4.90 Å². The van der Waals surface area contributed by atoms with Gasteiger partial charge >= 0.3 is 6.03 Å². The summed E-state index contributed by atoms with van der Waals surface area (Å²) in [6.07, 6.45) is 5.56. The van der Waals surface area contributed by atoms with Crippen molar-refractivity contribution in [3.05, 3.63) is 83.4 Å². The van der Waals surface area contributed by atoms with Crippen molar-refractivity contribution in [2.24, 2.45) is 0 Å². The number of hydrogen-bond acceptors (Lipinski definition) is 3. The van der Waals surface area contributed by atoms with E-state index in [0.717, 1.165) is 30.5 Å². The fourth-order valence-electron chi connectivity index (χ4n) is 5.78. The summed E-state index contributed by atoms with van der Waals surface area (Å²) in [5.74, 6) is 0. The van der Waals surface area contributed by atoms with Crippen LogP contribution in [0.3, 0.4) is 0 Å². The number of anilines is 1. The maximum absolute atomic E-state index is 13.4. The van der Waals surface area contributed by atoms with Gasteiger partial charge in [-0.1, -0.05) is 62.2 Å². The molecule has 1 aliphatic heterocycles. The molecule has 2 N–H and O–H groups in total. The number of amides is 2. The number of nitrogens with one attached hydrogen (secondary N) is 2. The third-order valence-corrected chi connectivity index (χ3v) is 9.21. The highest BCUT2D eigenvalue weighted by atomic mass is 32.2. The molecule has 2 aliphatic rings. The zero-order valence-corrected chi connectivity index (χ0v) is 21.7. The van der Waals surface area contributed by atoms with Crippen LogP contribution in [0.2, 0.25) is 0 Å². The molecule has 1 fully saturated rings. The smallest absolute Gasteiger partial charge is 0.322 e. The molecule has 0 bridgehead atoms. The number of nitrogens with zero attached hydrogens (tertiary/aromatic N) is 1. The highest BCUT2D eigenvalue weighted by Gasteiger charge is 2.46. The van der Waals surface area contributed by atoms with Crippen LogP contribution >= 0.6 is 0 Å². The van der Waals surface area contributed by atoms with Crippen LogP contribution in [0.4, 0.5) is 10.5 Å². The molecule has 36 heavy (non-hydrogen) atoms. The van der Waals surface area contributed by atoms with Gasteiger partial charge in [-0.25, -0.2) is 17.9 Å². The zero-order valence-electron chi connectivity index (χ0n) is 20.9. The van der Waals surface area contributed by atoms with Crippen LogP contribution in [0, 0.1) is 0 Å². The van der Waals surface area contributed by atoms with Crippen LogP contribution in [0.1, 0.15) is 49.3 Å². The van der Waals surface area contributed by atoms with Gasteiger partial charge in [0.05, 0.1) is 4.90 Å². The summed E-state index contributed by atoms with van der Waals surface area (Å²) in [4.78, 5) is 15.5. The second kappa shape index (κ2) is 9.71. The molecule has 2 amide bonds. The molecule has 1 spiro atoms. The van der Waals surface area contributed by atoms with Crippen molar-refractivity contribution >= 4 is 21.7 Å². The quantitative estimate of drug-likeness (QED) is 0.475. The van der Waals surface area contributed by atoms with Gasteiger partial charge < -0.3 is 5.32 Å². The molecule has 0 aromatic heterocycles. The van der Waals surface area contributed by atoms with Gasteiger partial charge in [-0.3, -0.25) is 4.90 Å². The third kappa shape index (κ3) is 4.42. The molecule has 0 atom stereocenters. The fraction of sp³-hybridized carbons (Fsp3) is 0.345. The molecule has 188 valence electrons. The van der Waals surface area contributed by atoms with Gasteiger partial charge in [0.25, 0.3) is 0 Å². The Labute approximate surface area is 213 Å². The van der Waals surface area contributed by atoms with Crippen molar-refractivity contribution in [1.29, 1.82) is 0 Å². The molecule has 1 aliphatic carbocycles. The number of hydrogen-bond donors (Lipinski definition) is 2. The Hall–Kier alpha value is -3.16. The van der Waals surface area contributed by atoms with Crippen LogP contribution in [0.5, 0.6) is 0 Å². The minimum atomic E-state index is -3.48. The minimum absolute atomic E-state index is 0.0208. The van der Waals surface area contributed by atoms with Gasteiger partial charge in [0.1, 0.15) is 0 Å². The molecule has 6 nitrogen and oxygen atoms in total. The second-order valence-electron chi connectivity index (χ2n) is 9.83. The largest absolute Gasteiger partial charge is 0.334 e. The van der Waals surface area contributed by atoms with Crippen LogP contribution in [-0.4, -0.2) is 28.0 Å². The van der Waals surface area contributed by atoms with Crippen molar-refractivity contribution in [2.45, 2.75) is 55.9 Å². The Bertz CT molecular complexity index is 1380. The Morgan fingerprint density at radius 2 is 1.72 bits per heavy atom. The first-order valence-corrected chi connectivity index (χ1v) is 14.2. The number of carbonyl (C=O) groups is 1. The summed E-state index contributed by atoms with van der Waals surface area (Å²) in [5, 5.41) is 3.05. The van der Waals surface area contributed by atoms with E-state index in [4.69, 9.17) is 0 Å². The normalized spacial score (nSPS) is 16.3. The summed E-state index contributed by atoms with van der Waals surface area (Å²) < 4.78 is 26.2. The van der Waals surface area contributed by atoms with E-state index in [9.17, 15) is 13.2 Å². The Balaban J connectivity index is 1.39. The lowest BCUT2D eigenvalue weighted by atomic mass is 9.79. The van der Waals surface area contributed by atoms with Crippen molar-refractivity contribution in [1.82, 2.24) is 10.0 Å². The standard InChI is InChI=1S/C29H33N3O3S/c1-3-22-8-4-5-9-25(22)23-12-15-27-26(18-23)29(16-6-7-17-29)20-32(27)28(33)31-19-21-10-13-24(14-11-21)36(34,35)30-2/h4-5,8-15,18,30H,3,6-7,16-17,19-20H2,1-2H3,(H,31,33). The maximum atomic E-state index is 13.4. The molecule has 3 aromatic carbocycles. The van der Waals surface area contributed by atoms with Crippen molar-refractivity contribution in [3.63, 3.8) is 0 Å². The van der Waals surface area contributed by atoms with Crippen molar-refractivity contribution in [2.75, 3.05) is 18.5 Å². The van der Waals surface area contributed by atoms with E-state index in [-0.39, 0.29) is 16.3 Å². The highest BCUT2D eigenvalue weighted by Crippen LogP contribution is 2.51. The van der Waals surface area contributed by atoms with Crippen LogP contribution in [-0.2, 0) is 28.4 Å². The number of sulfonamides is 1. The predicted molar refractivity (Wildman–Crippen MR) is 144 cm³/mol. The molecule has 7 heteroatoms. The maximum Gasteiger partial charge on any atom is 0.322 e. The molecule has 1 heterocycles. The van der Waals surface area contributed by atoms with Crippen molar-refractivity contribution in [3.8, 4) is 11.1 Å². The summed E-state index contributed by atoms with van der Waals surface area (Å²) in [7, 11) is -2.09. The number of benzene rings is 3. The van der Waals surface area contributed by atoms with Gasteiger partial charge in [0.15, 0.2) is 0 Å². The average molecular weight is 504 g/mol. The highest BCUT2D eigenvalue weighted by molar-refractivity contribution is 7.89. The van der Waals surface area contributed by atoms with Gasteiger partial charge in [0.2, 0.25) is 10.0 Å². The minimum Gasteiger partial charge on any atom is -0.334 e. The van der Waals surface area contributed by atoms with E-state index in [1.165, 1.54) is 42.1 Å². The van der Waals surface area contributed by atoms with Crippen LogP contribution in [0.15, 0.2) is 71.6 Å². The van der Waals surface area contributed by atoms with E-state index in [1.54, 1.807) is 24.3 Å². The number of carbonyl (C=O) groups excluding carboxylic acids is 1. The summed E-state index contributed by atoms with van der Waals surface area (Å²) in [5.41, 5.74) is 6.98. The topological polar surface area (TPSA) is 78.5 Å². The Kier molecular flexibility index (Phi) is 6.62. The Morgan fingerprint density at radius 1 is 1.00 bits per heavy atom. The third-order valence-electron chi connectivity index (χ3n) is 7.78. The number of fused-ring (bicyclic) bond motifs is 2. The SMILES string of the molecule is CCc1ccccc1-c1ccc2c(c1)C1(CCCC1)CN2C(=O)NCc1ccc(S(=O)(=O)NC)cc1. The molecule has 0 unspecified atom stereocenters. The van der Waals surface area contributed by atoms with E-state index in [2.05, 4.69) is 59.4 Å².